The van der Waals surface area contributed by atoms with Gasteiger partial charge in [0, 0.05) is 13.8 Å². The topological polar surface area (TPSA) is 108 Å². The van der Waals surface area contributed by atoms with Gasteiger partial charge in [-0.15, -0.1) is 0 Å². The Morgan fingerprint density at radius 1 is 0.793 bits per heavy atom. The molecule has 0 fully saturated rings. The number of rotatable bonds is 7. The molecule has 0 unspecified atom stereocenters. The Balaban J connectivity index is 2.49. The van der Waals surface area contributed by atoms with Gasteiger partial charge in [0.2, 0.25) is 0 Å². The molecule has 0 radical (unpaired) electrons. The van der Waals surface area contributed by atoms with Gasteiger partial charge in [-0.1, -0.05) is 12.1 Å². The number of hydrogen-bond donors (Lipinski definition) is 1. The van der Waals surface area contributed by atoms with Gasteiger partial charge in [-0.05, 0) is 41.5 Å². The van der Waals surface area contributed by atoms with Crippen molar-refractivity contribution in [1.29, 1.82) is 0 Å². The van der Waals surface area contributed by atoms with Gasteiger partial charge in [0.15, 0.2) is 23.0 Å². The first-order valence-corrected chi connectivity index (χ1v) is 8.43. The molecule has 0 spiro atoms. The van der Waals surface area contributed by atoms with Gasteiger partial charge in [0.1, 0.15) is 0 Å². The summed E-state index contributed by atoms with van der Waals surface area (Å²) in [6, 6.07) is 9.07. The van der Waals surface area contributed by atoms with Crippen LogP contribution in [0.25, 0.3) is 11.6 Å². The Labute approximate surface area is 167 Å². The fourth-order valence-electron chi connectivity index (χ4n) is 2.52. The van der Waals surface area contributed by atoms with Crippen molar-refractivity contribution in [2.45, 2.75) is 13.8 Å². The molecule has 2 aromatic carbocycles. The number of carbonyl (C=O) groups excluding carboxylic acids is 2. The molecule has 0 bridgehead atoms. The van der Waals surface area contributed by atoms with Crippen molar-refractivity contribution in [3.05, 3.63) is 47.5 Å². The van der Waals surface area contributed by atoms with Crippen molar-refractivity contribution in [3.8, 4) is 23.0 Å². The Morgan fingerprint density at radius 2 is 1.31 bits per heavy atom. The molecule has 0 atom stereocenters. The minimum absolute atomic E-state index is 0.0278. The van der Waals surface area contributed by atoms with Crippen LogP contribution in [0.2, 0.25) is 0 Å². The van der Waals surface area contributed by atoms with Crippen molar-refractivity contribution >= 4 is 29.6 Å². The Morgan fingerprint density at radius 3 is 1.79 bits per heavy atom. The van der Waals surface area contributed by atoms with Crippen LogP contribution in [0.4, 0.5) is 0 Å². The van der Waals surface area contributed by atoms with E-state index in [-0.39, 0.29) is 28.6 Å². The lowest BCUT2D eigenvalue weighted by Gasteiger charge is -2.11. The van der Waals surface area contributed by atoms with Crippen LogP contribution in [0.15, 0.2) is 36.4 Å². The van der Waals surface area contributed by atoms with Crippen molar-refractivity contribution in [2.24, 2.45) is 0 Å². The second-order valence-corrected chi connectivity index (χ2v) is 5.83. The molecule has 0 aliphatic heterocycles. The van der Waals surface area contributed by atoms with Crippen LogP contribution < -0.4 is 18.9 Å². The van der Waals surface area contributed by atoms with Gasteiger partial charge in [-0.25, -0.2) is 4.79 Å². The van der Waals surface area contributed by atoms with Crippen molar-refractivity contribution < 1.29 is 38.4 Å². The molecule has 29 heavy (non-hydrogen) atoms. The largest absolute Gasteiger partial charge is 0.493 e. The molecule has 8 heteroatoms. The first-order chi connectivity index (χ1) is 13.7. The van der Waals surface area contributed by atoms with Gasteiger partial charge in [0.05, 0.1) is 19.8 Å². The first-order valence-electron chi connectivity index (χ1n) is 8.43. The number of methoxy groups -OCH3 is 2. The van der Waals surface area contributed by atoms with Gasteiger partial charge in [-0.2, -0.15) is 0 Å². The Kier molecular flexibility index (Phi) is 6.97. The number of hydrogen-bond acceptors (Lipinski definition) is 7. The highest BCUT2D eigenvalue weighted by Gasteiger charge is 2.16. The minimum Gasteiger partial charge on any atom is -0.493 e. The SMILES string of the molecule is COc1cc(/C=C(\C(=O)O)c2ccc(OC(C)=O)c(OC)c2)ccc1OC(C)=O. The number of esters is 2. The zero-order valence-electron chi connectivity index (χ0n) is 16.3. The maximum atomic E-state index is 11.8. The van der Waals surface area contributed by atoms with E-state index >= 15 is 0 Å². The molecule has 2 aromatic rings. The fourth-order valence-corrected chi connectivity index (χ4v) is 2.52. The fraction of sp³-hybridized carbons (Fsp3) is 0.190. The molecule has 0 heterocycles. The van der Waals surface area contributed by atoms with Crippen LogP contribution in [-0.4, -0.2) is 37.2 Å². The van der Waals surface area contributed by atoms with Crippen LogP contribution in [0.1, 0.15) is 25.0 Å². The zero-order valence-corrected chi connectivity index (χ0v) is 16.3. The average Bonchev–Trinajstić information content (AvgIpc) is 2.66. The van der Waals surface area contributed by atoms with Crippen LogP contribution in [0, 0.1) is 0 Å². The third-order valence-electron chi connectivity index (χ3n) is 3.71. The quantitative estimate of drug-likeness (QED) is 0.327. The molecule has 0 saturated carbocycles. The molecular formula is C21H20O8. The van der Waals surface area contributed by atoms with E-state index in [4.69, 9.17) is 18.9 Å². The van der Waals surface area contributed by atoms with E-state index in [1.807, 2.05) is 0 Å². The zero-order chi connectivity index (χ0) is 21.6. The molecule has 0 aromatic heterocycles. The molecule has 8 nitrogen and oxygen atoms in total. The van der Waals surface area contributed by atoms with E-state index in [9.17, 15) is 19.5 Å². The second kappa shape index (κ2) is 9.41. The van der Waals surface area contributed by atoms with Gasteiger partial charge < -0.3 is 24.1 Å². The normalized spacial score (nSPS) is 10.8. The number of carboxylic acids is 1. The monoisotopic (exact) mass is 400 g/mol. The number of ether oxygens (including phenoxy) is 4. The van der Waals surface area contributed by atoms with E-state index in [0.717, 1.165) is 0 Å². The highest BCUT2D eigenvalue weighted by molar-refractivity contribution is 6.20. The van der Waals surface area contributed by atoms with E-state index < -0.39 is 17.9 Å². The summed E-state index contributed by atoms with van der Waals surface area (Å²) in [5, 5.41) is 9.67. The Bertz CT molecular complexity index is 975. The standard InChI is InChI=1S/C21H20O8/c1-12(22)28-17-7-5-14(10-19(17)26-3)9-16(21(24)25)15-6-8-18(29-13(2)23)20(11-15)27-4/h5-11H,1-4H3,(H,24,25)/b16-9-. The summed E-state index contributed by atoms with van der Waals surface area (Å²) in [7, 11) is 2.79. The third-order valence-corrected chi connectivity index (χ3v) is 3.71. The predicted molar refractivity (Wildman–Crippen MR) is 104 cm³/mol. The van der Waals surface area contributed by atoms with E-state index in [1.165, 1.54) is 58.4 Å². The minimum atomic E-state index is -1.17. The maximum Gasteiger partial charge on any atom is 0.336 e. The highest BCUT2D eigenvalue weighted by atomic mass is 16.6. The summed E-state index contributed by atoms with van der Waals surface area (Å²) >= 11 is 0. The molecule has 1 N–H and O–H groups in total. The smallest absolute Gasteiger partial charge is 0.336 e. The lowest BCUT2D eigenvalue weighted by molar-refractivity contribution is -0.132. The lowest BCUT2D eigenvalue weighted by atomic mass is 10.0. The summed E-state index contributed by atoms with van der Waals surface area (Å²) in [6.07, 6.45) is 1.43. The molecule has 0 saturated heterocycles. The van der Waals surface area contributed by atoms with Gasteiger partial charge >= 0.3 is 17.9 Å². The molecule has 0 aliphatic rings. The summed E-state index contributed by atoms with van der Waals surface area (Å²) in [6.45, 7) is 2.52. The summed E-state index contributed by atoms with van der Waals surface area (Å²) < 4.78 is 20.5. The highest BCUT2D eigenvalue weighted by Crippen LogP contribution is 2.33. The molecule has 2 rings (SSSR count). The van der Waals surface area contributed by atoms with Crippen molar-refractivity contribution in [1.82, 2.24) is 0 Å². The van der Waals surface area contributed by atoms with Gasteiger partial charge in [-0.3, -0.25) is 9.59 Å². The van der Waals surface area contributed by atoms with Crippen LogP contribution in [0.5, 0.6) is 23.0 Å². The maximum absolute atomic E-state index is 11.8. The van der Waals surface area contributed by atoms with Crippen LogP contribution in [0.3, 0.4) is 0 Å². The number of benzene rings is 2. The second-order valence-electron chi connectivity index (χ2n) is 5.83. The van der Waals surface area contributed by atoms with Crippen LogP contribution >= 0.6 is 0 Å². The van der Waals surface area contributed by atoms with E-state index in [2.05, 4.69) is 0 Å². The summed E-state index contributed by atoms with van der Waals surface area (Å²) in [4.78, 5) is 34.2. The third kappa shape index (κ3) is 5.58. The average molecular weight is 400 g/mol. The lowest BCUT2D eigenvalue weighted by Crippen LogP contribution is -2.05. The molecular weight excluding hydrogens is 380 g/mol. The summed E-state index contributed by atoms with van der Waals surface area (Å²) in [5.41, 5.74) is 0.825. The molecule has 152 valence electrons. The number of aliphatic carboxylic acids is 1. The van der Waals surface area contributed by atoms with E-state index in [0.29, 0.717) is 11.1 Å². The van der Waals surface area contributed by atoms with Gasteiger partial charge in [0.25, 0.3) is 0 Å². The van der Waals surface area contributed by atoms with Crippen molar-refractivity contribution in [3.63, 3.8) is 0 Å². The van der Waals surface area contributed by atoms with Crippen molar-refractivity contribution in [2.75, 3.05) is 14.2 Å². The Hall–Kier alpha value is -3.81. The predicted octanol–water partition coefficient (Wildman–Crippen LogP) is 3.18. The van der Waals surface area contributed by atoms with Crippen LogP contribution in [-0.2, 0) is 14.4 Å². The first kappa shape index (κ1) is 21.5. The molecule has 0 amide bonds. The van der Waals surface area contributed by atoms with E-state index in [1.54, 1.807) is 12.1 Å². The summed E-state index contributed by atoms with van der Waals surface area (Å²) in [5.74, 6) is -1.30. The number of carboxylic acid groups (broad SMARTS) is 1. The molecule has 0 aliphatic carbocycles. The number of carbonyl (C=O) groups is 3.